The molecule has 0 radical (unpaired) electrons. The lowest BCUT2D eigenvalue weighted by molar-refractivity contribution is 0.414. The maximum Gasteiger partial charge on any atom is 0.266 e. The van der Waals surface area contributed by atoms with Gasteiger partial charge < -0.3 is 9.47 Å². The Kier molecular flexibility index (Phi) is 6.11. The van der Waals surface area contributed by atoms with E-state index in [4.69, 9.17) is 21.1 Å². The van der Waals surface area contributed by atoms with Crippen molar-refractivity contribution in [2.24, 2.45) is 0 Å². The van der Waals surface area contributed by atoms with Gasteiger partial charge in [-0.3, -0.25) is 4.31 Å². The Bertz CT molecular complexity index is 1070. The number of halogens is 1. The van der Waals surface area contributed by atoms with Crippen LogP contribution in [-0.4, -0.2) is 22.6 Å². The van der Waals surface area contributed by atoms with Crippen molar-refractivity contribution in [3.63, 3.8) is 0 Å². The van der Waals surface area contributed by atoms with E-state index in [0.29, 0.717) is 17.2 Å². The van der Waals surface area contributed by atoms with Crippen molar-refractivity contribution in [1.82, 2.24) is 0 Å². The molecule has 0 unspecified atom stereocenters. The van der Waals surface area contributed by atoms with Gasteiger partial charge in [-0.25, -0.2) is 8.42 Å². The van der Waals surface area contributed by atoms with Crippen molar-refractivity contribution in [3.05, 3.63) is 83.4 Å². The van der Waals surface area contributed by atoms with Crippen LogP contribution in [0.4, 0.5) is 5.69 Å². The van der Waals surface area contributed by atoms with Crippen molar-refractivity contribution < 1.29 is 17.9 Å². The van der Waals surface area contributed by atoms with Crippen LogP contribution in [0.1, 0.15) is 5.56 Å². The van der Waals surface area contributed by atoms with Crippen LogP contribution >= 0.6 is 11.6 Å². The zero-order valence-corrected chi connectivity index (χ0v) is 17.1. The fraction of sp³-hybridized carbons (Fsp3) is 0.143. The predicted molar refractivity (Wildman–Crippen MR) is 111 cm³/mol. The van der Waals surface area contributed by atoms with E-state index in [1.54, 1.807) is 55.6 Å². The van der Waals surface area contributed by atoms with Gasteiger partial charge in [-0.1, -0.05) is 41.9 Å². The van der Waals surface area contributed by atoms with E-state index in [-0.39, 0.29) is 16.5 Å². The number of nitrogens with zero attached hydrogens (tertiary/aromatic N) is 1. The molecule has 5 nitrogen and oxygen atoms in total. The number of anilines is 1. The molecular weight excluding hydrogens is 398 g/mol. The molecular formula is C21H20ClNO4S. The lowest BCUT2D eigenvalue weighted by atomic mass is 10.2. The smallest absolute Gasteiger partial charge is 0.266 e. The van der Waals surface area contributed by atoms with Crippen molar-refractivity contribution in [3.8, 4) is 11.5 Å². The number of sulfonamides is 1. The van der Waals surface area contributed by atoms with Crippen LogP contribution in [0.2, 0.25) is 5.02 Å². The highest BCUT2D eigenvalue weighted by Crippen LogP contribution is 2.32. The number of ether oxygens (including phenoxy) is 2. The van der Waals surface area contributed by atoms with Gasteiger partial charge in [-0.15, -0.1) is 0 Å². The van der Waals surface area contributed by atoms with Crippen molar-refractivity contribution in [2.75, 3.05) is 18.5 Å². The molecule has 146 valence electrons. The highest BCUT2D eigenvalue weighted by Gasteiger charge is 2.27. The van der Waals surface area contributed by atoms with Gasteiger partial charge in [-0.2, -0.15) is 0 Å². The molecule has 0 saturated heterocycles. The molecule has 3 aromatic carbocycles. The van der Waals surface area contributed by atoms with Gasteiger partial charge in [0, 0.05) is 6.07 Å². The van der Waals surface area contributed by atoms with Gasteiger partial charge in [0.05, 0.1) is 31.5 Å². The summed E-state index contributed by atoms with van der Waals surface area (Å²) in [6.07, 6.45) is 0. The average Bonchev–Trinajstić information content (AvgIpc) is 2.72. The highest BCUT2D eigenvalue weighted by atomic mass is 35.5. The van der Waals surface area contributed by atoms with Gasteiger partial charge in [0.1, 0.15) is 16.4 Å². The summed E-state index contributed by atoms with van der Waals surface area (Å²) in [5, 5.41) is 0.168. The molecule has 0 spiro atoms. The van der Waals surface area contributed by atoms with E-state index in [1.165, 1.54) is 17.5 Å². The van der Waals surface area contributed by atoms with E-state index in [9.17, 15) is 8.42 Å². The van der Waals surface area contributed by atoms with Crippen molar-refractivity contribution in [1.29, 1.82) is 0 Å². The Hall–Kier alpha value is -2.70. The molecule has 0 amide bonds. The first kappa shape index (κ1) is 20.0. The summed E-state index contributed by atoms with van der Waals surface area (Å²) in [5.41, 5.74) is 1.25. The topological polar surface area (TPSA) is 55.8 Å². The minimum absolute atomic E-state index is 0.0439. The van der Waals surface area contributed by atoms with E-state index in [2.05, 4.69) is 0 Å². The largest absolute Gasteiger partial charge is 0.497 e. The highest BCUT2D eigenvalue weighted by molar-refractivity contribution is 7.93. The summed E-state index contributed by atoms with van der Waals surface area (Å²) < 4.78 is 38.8. The van der Waals surface area contributed by atoms with E-state index >= 15 is 0 Å². The molecule has 7 heteroatoms. The standard InChI is InChI=1S/C21H20ClNO4S/c1-26-18-9-5-7-16(13-18)15-23(17-8-6-10-19(14-17)27-2)28(24,25)21-12-4-3-11-20(21)22/h3-14H,15H2,1-2H3. The molecule has 0 atom stereocenters. The van der Waals surface area contributed by atoms with Gasteiger partial charge in [-0.05, 0) is 42.0 Å². The summed E-state index contributed by atoms with van der Waals surface area (Å²) >= 11 is 6.20. The molecule has 0 fully saturated rings. The zero-order valence-electron chi connectivity index (χ0n) is 15.5. The number of rotatable bonds is 7. The zero-order chi connectivity index (χ0) is 20.1. The molecule has 0 aromatic heterocycles. The van der Waals surface area contributed by atoms with Gasteiger partial charge >= 0.3 is 0 Å². The molecule has 3 rings (SSSR count). The van der Waals surface area contributed by atoms with E-state index in [1.807, 2.05) is 18.2 Å². The molecule has 0 heterocycles. The molecule has 3 aromatic rings. The third kappa shape index (κ3) is 4.24. The Labute approximate surface area is 170 Å². The Balaban J connectivity index is 2.12. The molecule has 0 bridgehead atoms. The SMILES string of the molecule is COc1cccc(CN(c2cccc(OC)c2)S(=O)(=O)c2ccccc2Cl)c1. The van der Waals surface area contributed by atoms with Gasteiger partial charge in [0.2, 0.25) is 0 Å². The van der Waals surface area contributed by atoms with Gasteiger partial charge in [0.25, 0.3) is 10.0 Å². The third-order valence-corrected chi connectivity index (χ3v) is 6.48. The second kappa shape index (κ2) is 8.54. The predicted octanol–water partition coefficient (Wildman–Crippen LogP) is 4.75. The second-order valence-corrected chi connectivity index (χ2v) is 8.23. The van der Waals surface area contributed by atoms with Crippen LogP contribution in [0, 0.1) is 0 Å². The van der Waals surface area contributed by atoms with Crippen molar-refractivity contribution in [2.45, 2.75) is 11.4 Å². The molecule has 0 N–H and O–H groups in total. The van der Waals surface area contributed by atoms with Crippen molar-refractivity contribution >= 4 is 27.3 Å². The first-order chi connectivity index (χ1) is 13.5. The summed E-state index contributed by atoms with van der Waals surface area (Å²) in [4.78, 5) is 0.0439. The normalized spacial score (nSPS) is 11.1. The first-order valence-electron chi connectivity index (χ1n) is 8.50. The molecule has 0 aliphatic rings. The summed E-state index contributed by atoms with van der Waals surface area (Å²) in [6.45, 7) is 0.109. The quantitative estimate of drug-likeness (QED) is 0.556. The molecule has 0 aliphatic carbocycles. The minimum atomic E-state index is -3.92. The van der Waals surface area contributed by atoms with E-state index in [0.717, 1.165) is 5.56 Å². The number of methoxy groups -OCH3 is 2. The minimum Gasteiger partial charge on any atom is -0.497 e. The fourth-order valence-electron chi connectivity index (χ4n) is 2.79. The number of benzene rings is 3. The lowest BCUT2D eigenvalue weighted by Crippen LogP contribution is -2.30. The van der Waals surface area contributed by atoms with Crippen LogP contribution in [-0.2, 0) is 16.6 Å². The Morgan fingerprint density at radius 1 is 0.857 bits per heavy atom. The fourth-order valence-corrected chi connectivity index (χ4v) is 4.73. The summed E-state index contributed by atoms with van der Waals surface area (Å²) in [6, 6.07) is 20.6. The number of hydrogen-bond acceptors (Lipinski definition) is 4. The van der Waals surface area contributed by atoms with Crippen LogP contribution < -0.4 is 13.8 Å². The molecule has 0 aliphatic heterocycles. The maximum absolute atomic E-state index is 13.5. The maximum atomic E-state index is 13.5. The third-order valence-electron chi connectivity index (χ3n) is 4.21. The molecule has 0 saturated carbocycles. The second-order valence-electron chi connectivity index (χ2n) is 6.00. The number of hydrogen-bond donors (Lipinski definition) is 0. The lowest BCUT2D eigenvalue weighted by Gasteiger charge is -2.25. The van der Waals surface area contributed by atoms with Gasteiger partial charge in [0.15, 0.2) is 0 Å². The summed E-state index contributed by atoms with van der Waals surface area (Å²) in [7, 11) is -0.818. The Morgan fingerprint density at radius 3 is 2.18 bits per heavy atom. The monoisotopic (exact) mass is 417 g/mol. The van der Waals surface area contributed by atoms with E-state index < -0.39 is 10.0 Å². The summed E-state index contributed by atoms with van der Waals surface area (Å²) in [5.74, 6) is 1.21. The van der Waals surface area contributed by atoms with Crippen LogP contribution in [0.25, 0.3) is 0 Å². The Morgan fingerprint density at radius 2 is 1.50 bits per heavy atom. The average molecular weight is 418 g/mol. The van der Waals surface area contributed by atoms with Crippen LogP contribution in [0.3, 0.4) is 0 Å². The molecule has 28 heavy (non-hydrogen) atoms. The van der Waals surface area contributed by atoms with Crippen LogP contribution in [0.5, 0.6) is 11.5 Å². The first-order valence-corrected chi connectivity index (χ1v) is 10.3. The van der Waals surface area contributed by atoms with Crippen LogP contribution in [0.15, 0.2) is 77.7 Å².